The van der Waals surface area contributed by atoms with Crippen molar-refractivity contribution in [1.29, 1.82) is 0 Å². The standard InChI is InChI=1S/C13H22ClN3/c1-5-17-11(12(14)9(2)16-17)8-15-7-10-6-13(10,3)4/h10,15H,5-8H2,1-4H3. The van der Waals surface area contributed by atoms with Crippen LogP contribution in [0.1, 0.15) is 38.6 Å². The molecule has 3 nitrogen and oxygen atoms in total. The number of aromatic nitrogens is 2. The van der Waals surface area contributed by atoms with E-state index < -0.39 is 0 Å². The van der Waals surface area contributed by atoms with Crippen LogP contribution in [0.2, 0.25) is 5.02 Å². The molecular formula is C13H22ClN3. The molecule has 1 fully saturated rings. The fourth-order valence-corrected chi connectivity index (χ4v) is 2.53. The molecule has 1 atom stereocenters. The summed E-state index contributed by atoms with van der Waals surface area (Å²) in [6, 6.07) is 0. The van der Waals surface area contributed by atoms with Crippen molar-refractivity contribution in [1.82, 2.24) is 15.1 Å². The molecule has 0 aliphatic heterocycles. The van der Waals surface area contributed by atoms with Gasteiger partial charge in [0.1, 0.15) is 0 Å². The zero-order valence-corrected chi connectivity index (χ0v) is 11.9. The van der Waals surface area contributed by atoms with Gasteiger partial charge >= 0.3 is 0 Å². The normalized spacial score (nSPS) is 21.8. The summed E-state index contributed by atoms with van der Waals surface area (Å²) in [6.45, 7) is 11.5. The van der Waals surface area contributed by atoms with Gasteiger partial charge in [0.15, 0.2) is 0 Å². The van der Waals surface area contributed by atoms with Crippen molar-refractivity contribution >= 4 is 11.6 Å². The molecule has 1 aliphatic rings. The van der Waals surface area contributed by atoms with Crippen molar-refractivity contribution in [3.63, 3.8) is 0 Å². The van der Waals surface area contributed by atoms with Gasteiger partial charge in [-0.05, 0) is 38.1 Å². The van der Waals surface area contributed by atoms with Gasteiger partial charge in [-0.15, -0.1) is 0 Å². The first kappa shape index (κ1) is 12.9. The minimum Gasteiger partial charge on any atom is -0.311 e. The average molecular weight is 256 g/mol. The van der Waals surface area contributed by atoms with E-state index in [-0.39, 0.29) is 0 Å². The molecule has 0 amide bonds. The highest BCUT2D eigenvalue weighted by Gasteiger charge is 2.44. The smallest absolute Gasteiger partial charge is 0.0860 e. The Hall–Kier alpha value is -0.540. The molecule has 1 saturated carbocycles. The average Bonchev–Trinajstić information content (AvgIpc) is 2.78. The predicted octanol–water partition coefficient (Wildman–Crippen LogP) is 3.00. The maximum absolute atomic E-state index is 6.26. The first-order chi connectivity index (χ1) is 7.95. The van der Waals surface area contributed by atoms with Crippen molar-refractivity contribution < 1.29 is 0 Å². The molecule has 1 aromatic heterocycles. The maximum atomic E-state index is 6.26. The zero-order valence-electron chi connectivity index (χ0n) is 11.2. The largest absolute Gasteiger partial charge is 0.311 e. The quantitative estimate of drug-likeness (QED) is 0.877. The number of hydrogen-bond acceptors (Lipinski definition) is 2. The van der Waals surface area contributed by atoms with Crippen molar-refractivity contribution in [2.75, 3.05) is 6.54 Å². The van der Waals surface area contributed by atoms with Crippen LogP contribution >= 0.6 is 11.6 Å². The molecule has 1 heterocycles. The Kier molecular flexibility index (Phi) is 3.50. The Balaban J connectivity index is 1.90. The van der Waals surface area contributed by atoms with Crippen LogP contribution in [0.4, 0.5) is 0 Å². The van der Waals surface area contributed by atoms with Crippen LogP contribution in [-0.4, -0.2) is 16.3 Å². The molecule has 0 bridgehead atoms. The molecule has 2 rings (SSSR count). The maximum Gasteiger partial charge on any atom is 0.0860 e. The number of aryl methyl sites for hydroxylation is 2. The summed E-state index contributed by atoms with van der Waals surface area (Å²) in [6.07, 6.45) is 1.33. The van der Waals surface area contributed by atoms with Crippen LogP contribution in [0.5, 0.6) is 0 Å². The van der Waals surface area contributed by atoms with E-state index in [1.165, 1.54) is 6.42 Å². The van der Waals surface area contributed by atoms with Crippen LogP contribution < -0.4 is 5.32 Å². The molecule has 1 aromatic rings. The Bertz CT molecular complexity index is 409. The minimum absolute atomic E-state index is 0.539. The molecule has 0 radical (unpaired) electrons. The summed E-state index contributed by atoms with van der Waals surface area (Å²) in [5, 5.41) is 8.73. The highest BCUT2D eigenvalue weighted by atomic mass is 35.5. The predicted molar refractivity (Wildman–Crippen MR) is 71.2 cm³/mol. The molecule has 17 heavy (non-hydrogen) atoms. The molecule has 0 aromatic carbocycles. The number of nitrogens with one attached hydrogen (secondary N) is 1. The van der Waals surface area contributed by atoms with E-state index in [0.29, 0.717) is 5.41 Å². The van der Waals surface area contributed by atoms with E-state index in [2.05, 4.69) is 31.2 Å². The van der Waals surface area contributed by atoms with Gasteiger partial charge in [-0.2, -0.15) is 5.10 Å². The lowest BCUT2D eigenvalue weighted by molar-refractivity contribution is 0.506. The Morgan fingerprint density at radius 1 is 1.53 bits per heavy atom. The SMILES string of the molecule is CCn1nc(C)c(Cl)c1CNCC1CC1(C)C. The Morgan fingerprint density at radius 2 is 2.18 bits per heavy atom. The summed E-state index contributed by atoms with van der Waals surface area (Å²) in [5.41, 5.74) is 2.58. The fourth-order valence-electron chi connectivity index (χ4n) is 2.33. The van der Waals surface area contributed by atoms with Crippen LogP contribution in [-0.2, 0) is 13.1 Å². The molecule has 0 saturated heterocycles. The molecule has 96 valence electrons. The summed E-state index contributed by atoms with van der Waals surface area (Å²) < 4.78 is 1.99. The molecule has 1 N–H and O–H groups in total. The van der Waals surface area contributed by atoms with Gasteiger partial charge in [0.25, 0.3) is 0 Å². The summed E-state index contributed by atoms with van der Waals surface area (Å²) in [5.74, 6) is 0.820. The molecule has 0 spiro atoms. The summed E-state index contributed by atoms with van der Waals surface area (Å²) in [4.78, 5) is 0. The zero-order chi connectivity index (χ0) is 12.6. The van der Waals surface area contributed by atoms with E-state index in [4.69, 9.17) is 11.6 Å². The van der Waals surface area contributed by atoms with Gasteiger partial charge in [-0.1, -0.05) is 25.4 Å². The van der Waals surface area contributed by atoms with Gasteiger partial charge in [0.2, 0.25) is 0 Å². The van der Waals surface area contributed by atoms with Gasteiger partial charge in [0.05, 0.1) is 16.4 Å². The van der Waals surface area contributed by atoms with Crippen molar-refractivity contribution in [2.45, 2.75) is 47.2 Å². The van der Waals surface area contributed by atoms with Crippen LogP contribution in [0.15, 0.2) is 0 Å². The molecular weight excluding hydrogens is 234 g/mol. The Morgan fingerprint density at radius 3 is 2.71 bits per heavy atom. The summed E-state index contributed by atoms with van der Waals surface area (Å²) >= 11 is 6.26. The van der Waals surface area contributed by atoms with E-state index >= 15 is 0 Å². The van der Waals surface area contributed by atoms with E-state index in [0.717, 1.165) is 42.0 Å². The van der Waals surface area contributed by atoms with Gasteiger partial charge < -0.3 is 5.32 Å². The summed E-state index contributed by atoms with van der Waals surface area (Å²) in [7, 11) is 0. The lowest BCUT2D eigenvalue weighted by Gasteiger charge is -2.08. The molecule has 1 aliphatic carbocycles. The van der Waals surface area contributed by atoms with E-state index in [1.54, 1.807) is 0 Å². The topological polar surface area (TPSA) is 29.9 Å². The number of nitrogens with zero attached hydrogens (tertiary/aromatic N) is 2. The number of hydrogen-bond donors (Lipinski definition) is 1. The van der Waals surface area contributed by atoms with Crippen molar-refractivity contribution in [3.05, 3.63) is 16.4 Å². The third-order valence-electron chi connectivity index (χ3n) is 3.85. The van der Waals surface area contributed by atoms with Crippen LogP contribution in [0.3, 0.4) is 0 Å². The van der Waals surface area contributed by atoms with E-state index in [1.807, 2.05) is 11.6 Å². The lowest BCUT2D eigenvalue weighted by atomic mass is 10.1. The van der Waals surface area contributed by atoms with Gasteiger partial charge in [-0.25, -0.2) is 0 Å². The van der Waals surface area contributed by atoms with Gasteiger partial charge in [-0.3, -0.25) is 4.68 Å². The molecule has 1 unspecified atom stereocenters. The first-order valence-electron chi connectivity index (χ1n) is 6.38. The Labute approximate surface area is 109 Å². The second-order valence-corrected chi connectivity index (χ2v) is 6.06. The van der Waals surface area contributed by atoms with Crippen molar-refractivity contribution in [2.24, 2.45) is 11.3 Å². The van der Waals surface area contributed by atoms with E-state index in [9.17, 15) is 0 Å². The monoisotopic (exact) mass is 255 g/mol. The molecule has 4 heteroatoms. The highest BCUT2D eigenvalue weighted by molar-refractivity contribution is 6.31. The van der Waals surface area contributed by atoms with Crippen LogP contribution in [0, 0.1) is 18.3 Å². The second-order valence-electron chi connectivity index (χ2n) is 5.68. The fraction of sp³-hybridized carbons (Fsp3) is 0.769. The van der Waals surface area contributed by atoms with Gasteiger partial charge in [0, 0.05) is 13.1 Å². The number of halogens is 1. The number of rotatable bonds is 5. The van der Waals surface area contributed by atoms with Crippen LogP contribution in [0.25, 0.3) is 0 Å². The third kappa shape index (κ3) is 2.66. The first-order valence-corrected chi connectivity index (χ1v) is 6.76. The van der Waals surface area contributed by atoms with Crippen molar-refractivity contribution in [3.8, 4) is 0 Å². The highest BCUT2D eigenvalue weighted by Crippen LogP contribution is 2.50. The minimum atomic E-state index is 0.539. The second kappa shape index (κ2) is 4.62. The third-order valence-corrected chi connectivity index (χ3v) is 4.35. The lowest BCUT2D eigenvalue weighted by Crippen LogP contribution is -2.20.